The molecule has 0 aliphatic carbocycles. The number of thioether (sulfide) groups is 1. The van der Waals surface area contributed by atoms with Crippen LogP contribution >= 0.6 is 23.1 Å². The van der Waals surface area contributed by atoms with Gasteiger partial charge < -0.3 is 11.1 Å². The molecule has 0 saturated heterocycles. The standard InChI is InChI=1S/C15H16N2OS2/c1-3-8-19-13-7-5-4-6-12(13)17-15(18)14-9-11(16)10(2)20-14/h3-7,9H,1,8,16H2,2H3,(H,17,18). The summed E-state index contributed by atoms with van der Waals surface area (Å²) in [5.74, 6) is 0.680. The number of anilines is 2. The predicted octanol–water partition coefficient (Wildman–Crippen LogP) is 4.17. The number of carbonyl (C=O) groups is 1. The van der Waals surface area contributed by atoms with Crippen LogP contribution in [-0.2, 0) is 0 Å². The topological polar surface area (TPSA) is 55.1 Å². The minimum absolute atomic E-state index is 0.124. The molecule has 0 atom stereocenters. The first-order valence-electron chi connectivity index (χ1n) is 6.12. The number of nitrogen functional groups attached to an aromatic ring is 1. The summed E-state index contributed by atoms with van der Waals surface area (Å²) in [6.45, 7) is 5.61. The maximum Gasteiger partial charge on any atom is 0.265 e. The maximum atomic E-state index is 12.2. The van der Waals surface area contributed by atoms with Crippen molar-refractivity contribution >= 4 is 40.4 Å². The van der Waals surface area contributed by atoms with Crippen LogP contribution in [0, 0.1) is 6.92 Å². The molecule has 3 N–H and O–H groups in total. The third-order valence-corrected chi connectivity index (χ3v) is 4.81. The molecule has 2 rings (SSSR count). The van der Waals surface area contributed by atoms with E-state index in [1.807, 2.05) is 37.3 Å². The lowest BCUT2D eigenvalue weighted by atomic mass is 10.3. The van der Waals surface area contributed by atoms with Crippen molar-refractivity contribution in [3.63, 3.8) is 0 Å². The van der Waals surface area contributed by atoms with Gasteiger partial charge >= 0.3 is 0 Å². The highest BCUT2D eigenvalue weighted by Gasteiger charge is 2.12. The van der Waals surface area contributed by atoms with Crippen LogP contribution in [0.4, 0.5) is 11.4 Å². The van der Waals surface area contributed by atoms with Crippen molar-refractivity contribution in [2.45, 2.75) is 11.8 Å². The number of amides is 1. The molecule has 1 aromatic heterocycles. The highest BCUT2D eigenvalue weighted by Crippen LogP contribution is 2.29. The number of nitrogens with two attached hydrogens (primary N) is 1. The second kappa shape index (κ2) is 6.63. The second-order valence-electron chi connectivity index (χ2n) is 4.17. The Bertz CT molecular complexity index is 615. The average Bonchev–Trinajstić information content (AvgIpc) is 2.78. The van der Waals surface area contributed by atoms with Crippen molar-refractivity contribution < 1.29 is 4.79 Å². The molecule has 0 aliphatic heterocycles. The lowest BCUT2D eigenvalue weighted by molar-refractivity contribution is 0.103. The van der Waals surface area contributed by atoms with Gasteiger partial charge in [0.1, 0.15) is 0 Å². The van der Waals surface area contributed by atoms with Crippen LogP contribution in [0.15, 0.2) is 47.9 Å². The van der Waals surface area contributed by atoms with Crippen LogP contribution in [-0.4, -0.2) is 11.7 Å². The van der Waals surface area contributed by atoms with Gasteiger partial charge in [-0.2, -0.15) is 0 Å². The number of nitrogens with one attached hydrogen (secondary N) is 1. The molecule has 0 fully saturated rings. The molecule has 104 valence electrons. The molecular formula is C15H16N2OS2. The summed E-state index contributed by atoms with van der Waals surface area (Å²) in [6.07, 6.45) is 1.84. The van der Waals surface area contributed by atoms with Crippen molar-refractivity contribution in [3.05, 3.63) is 52.7 Å². The molecule has 5 heteroatoms. The number of rotatable bonds is 5. The Kier molecular flexibility index (Phi) is 4.87. The number of benzene rings is 1. The smallest absolute Gasteiger partial charge is 0.265 e. The third-order valence-electron chi connectivity index (χ3n) is 2.67. The Balaban J connectivity index is 2.17. The number of thiophene rings is 1. The minimum atomic E-state index is -0.124. The van der Waals surface area contributed by atoms with Crippen LogP contribution in [0.25, 0.3) is 0 Å². The molecule has 1 amide bonds. The van der Waals surface area contributed by atoms with Gasteiger partial charge in [-0.1, -0.05) is 18.2 Å². The van der Waals surface area contributed by atoms with E-state index in [0.29, 0.717) is 10.6 Å². The zero-order valence-corrected chi connectivity index (χ0v) is 12.8. The monoisotopic (exact) mass is 304 g/mol. The van der Waals surface area contributed by atoms with E-state index in [9.17, 15) is 4.79 Å². The number of hydrogen-bond donors (Lipinski definition) is 2. The predicted molar refractivity (Wildman–Crippen MR) is 88.8 cm³/mol. The van der Waals surface area contributed by atoms with Gasteiger partial charge in [-0.05, 0) is 25.1 Å². The van der Waals surface area contributed by atoms with Crippen LogP contribution in [0.5, 0.6) is 0 Å². The van der Waals surface area contributed by atoms with Gasteiger partial charge in [0.05, 0.1) is 10.6 Å². The van der Waals surface area contributed by atoms with Gasteiger partial charge in [-0.25, -0.2) is 0 Å². The van der Waals surface area contributed by atoms with Crippen LogP contribution in [0.2, 0.25) is 0 Å². The van der Waals surface area contributed by atoms with Gasteiger partial charge in [0, 0.05) is 21.2 Å². The Morgan fingerprint density at radius 2 is 2.25 bits per heavy atom. The molecule has 20 heavy (non-hydrogen) atoms. The van der Waals surface area contributed by atoms with Crippen molar-refractivity contribution in [1.29, 1.82) is 0 Å². The molecule has 1 heterocycles. The van der Waals surface area contributed by atoms with E-state index in [1.165, 1.54) is 11.3 Å². The van der Waals surface area contributed by atoms with E-state index < -0.39 is 0 Å². The Labute approximate surface area is 126 Å². The van der Waals surface area contributed by atoms with Crippen molar-refractivity contribution in [1.82, 2.24) is 0 Å². The summed E-state index contributed by atoms with van der Waals surface area (Å²) >= 11 is 3.04. The zero-order chi connectivity index (χ0) is 14.5. The fourth-order valence-corrected chi connectivity index (χ4v) is 3.22. The largest absolute Gasteiger partial charge is 0.398 e. The first-order valence-corrected chi connectivity index (χ1v) is 7.92. The molecule has 1 aromatic carbocycles. The van der Waals surface area contributed by atoms with Crippen molar-refractivity contribution in [3.8, 4) is 0 Å². The van der Waals surface area contributed by atoms with E-state index in [2.05, 4.69) is 11.9 Å². The highest BCUT2D eigenvalue weighted by atomic mass is 32.2. The first-order chi connectivity index (χ1) is 9.61. The minimum Gasteiger partial charge on any atom is -0.398 e. The van der Waals surface area contributed by atoms with E-state index in [1.54, 1.807) is 17.8 Å². The summed E-state index contributed by atoms with van der Waals surface area (Å²) in [5, 5.41) is 2.94. The summed E-state index contributed by atoms with van der Waals surface area (Å²) < 4.78 is 0. The van der Waals surface area contributed by atoms with E-state index >= 15 is 0 Å². The third kappa shape index (κ3) is 3.43. The molecule has 0 radical (unpaired) electrons. The lowest BCUT2D eigenvalue weighted by Gasteiger charge is -2.09. The average molecular weight is 304 g/mol. The maximum absolute atomic E-state index is 12.2. The van der Waals surface area contributed by atoms with Crippen LogP contribution in [0.1, 0.15) is 14.5 Å². The van der Waals surface area contributed by atoms with Crippen LogP contribution in [0.3, 0.4) is 0 Å². The Morgan fingerprint density at radius 1 is 1.50 bits per heavy atom. The first kappa shape index (κ1) is 14.7. The van der Waals surface area contributed by atoms with E-state index in [4.69, 9.17) is 5.73 Å². The second-order valence-corrected chi connectivity index (χ2v) is 6.49. The van der Waals surface area contributed by atoms with Gasteiger partial charge in [0.25, 0.3) is 5.91 Å². The number of aryl methyl sites for hydroxylation is 1. The van der Waals surface area contributed by atoms with Crippen molar-refractivity contribution in [2.75, 3.05) is 16.8 Å². The number of para-hydroxylation sites is 1. The fourth-order valence-electron chi connectivity index (χ4n) is 1.64. The van der Waals surface area contributed by atoms with Gasteiger partial charge in [0.2, 0.25) is 0 Å². The SMILES string of the molecule is C=CCSc1ccccc1NC(=O)c1cc(N)c(C)s1. The normalized spacial score (nSPS) is 10.2. The molecule has 0 saturated carbocycles. The van der Waals surface area contributed by atoms with Gasteiger partial charge in [0.15, 0.2) is 0 Å². The molecule has 0 aliphatic rings. The molecule has 0 unspecified atom stereocenters. The zero-order valence-electron chi connectivity index (χ0n) is 11.2. The molecule has 2 aromatic rings. The summed E-state index contributed by atoms with van der Waals surface area (Å²) in [4.78, 5) is 14.8. The highest BCUT2D eigenvalue weighted by molar-refractivity contribution is 7.99. The van der Waals surface area contributed by atoms with E-state index in [0.717, 1.165) is 21.2 Å². The molecular weight excluding hydrogens is 288 g/mol. The molecule has 0 spiro atoms. The van der Waals surface area contributed by atoms with Crippen molar-refractivity contribution in [2.24, 2.45) is 0 Å². The number of carbonyl (C=O) groups excluding carboxylic acids is 1. The molecule has 0 bridgehead atoms. The summed E-state index contributed by atoms with van der Waals surface area (Å²) in [7, 11) is 0. The Hall–Kier alpha value is -1.72. The summed E-state index contributed by atoms with van der Waals surface area (Å²) in [6, 6.07) is 9.45. The summed E-state index contributed by atoms with van der Waals surface area (Å²) in [5.41, 5.74) is 7.26. The molecule has 3 nitrogen and oxygen atoms in total. The lowest BCUT2D eigenvalue weighted by Crippen LogP contribution is -2.10. The number of hydrogen-bond acceptors (Lipinski definition) is 4. The van der Waals surface area contributed by atoms with Gasteiger partial charge in [-0.15, -0.1) is 29.7 Å². The van der Waals surface area contributed by atoms with Gasteiger partial charge in [-0.3, -0.25) is 4.79 Å². The van der Waals surface area contributed by atoms with E-state index in [-0.39, 0.29) is 5.91 Å². The Morgan fingerprint density at radius 3 is 2.90 bits per heavy atom. The van der Waals surface area contributed by atoms with Crippen LogP contribution < -0.4 is 11.1 Å². The fraction of sp³-hybridized carbons (Fsp3) is 0.133. The quantitative estimate of drug-likeness (QED) is 0.644.